The number of aromatic amines is 1. The fourth-order valence-corrected chi connectivity index (χ4v) is 2.20. The van der Waals surface area contributed by atoms with Crippen LogP contribution in [-0.2, 0) is 11.3 Å². The molecule has 0 saturated carbocycles. The fraction of sp³-hybridized carbons (Fsp3) is 0.562. The predicted octanol–water partition coefficient (Wildman–Crippen LogP) is 2.67. The predicted molar refractivity (Wildman–Crippen MR) is 83.0 cm³/mol. The first-order valence-corrected chi connectivity index (χ1v) is 7.43. The van der Waals surface area contributed by atoms with Crippen molar-refractivity contribution in [1.29, 1.82) is 0 Å². The number of amides is 1. The Hall–Kier alpha value is -1.75. The minimum absolute atomic E-state index is 0.225. The van der Waals surface area contributed by atoms with Crippen molar-refractivity contribution in [2.24, 2.45) is 0 Å². The van der Waals surface area contributed by atoms with E-state index >= 15 is 0 Å². The number of rotatable bonds is 4. The van der Waals surface area contributed by atoms with Crippen molar-refractivity contribution in [2.45, 2.75) is 39.3 Å². The summed E-state index contributed by atoms with van der Waals surface area (Å²) in [5, 5.41) is 3.41. The molecule has 2 heterocycles. The Morgan fingerprint density at radius 2 is 2.24 bits per heavy atom. The second kappa shape index (κ2) is 6.80. The zero-order valence-electron chi connectivity index (χ0n) is 13.1. The minimum Gasteiger partial charge on any atom is -0.444 e. The standard InChI is InChI=1S/C16H25N3O2/c1-16(2,3)21-15(20)19-9-6-13(7-10-19)11-17-12-14-5-4-8-18-14/h4-6,8,17-18H,7,9-12H2,1-3H3. The van der Waals surface area contributed by atoms with Crippen LogP contribution < -0.4 is 5.32 Å². The van der Waals surface area contributed by atoms with E-state index in [1.807, 2.05) is 33.0 Å². The maximum Gasteiger partial charge on any atom is 0.410 e. The molecule has 5 heteroatoms. The van der Waals surface area contributed by atoms with E-state index in [9.17, 15) is 4.79 Å². The highest BCUT2D eigenvalue weighted by molar-refractivity contribution is 5.68. The molecule has 0 aromatic carbocycles. The first kappa shape index (κ1) is 15.6. The third kappa shape index (κ3) is 5.27. The Labute approximate surface area is 126 Å². The quantitative estimate of drug-likeness (QED) is 0.839. The van der Waals surface area contributed by atoms with Gasteiger partial charge in [0.25, 0.3) is 0 Å². The number of carbonyl (C=O) groups excluding carboxylic acids is 1. The topological polar surface area (TPSA) is 57.4 Å². The van der Waals surface area contributed by atoms with Gasteiger partial charge in [-0.1, -0.05) is 11.6 Å². The molecule has 1 aromatic heterocycles. The van der Waals surface area contributed by atoms with Gasteiger partial charge in [-0.05, 0) is 39.3 Å². The van der Waals surface area contributed by atoms with Crippen LogP contribution in [0.5, 0.6) is 0 Å². The third-order valence-electron chi connectivity index (χ3n) is 3.28. The van der Waals surface area contributed by atoms with Crippen molar-refractivity contribution >= 4 is 6.09 Å². The van der Waals surface area contributed by atoms with Gasteiger partial charge < -0.3 is 19.9 Å². The smallest absolute Gasteiger partial charge is 0.410 e. The van der Waals surface area contributed by atoms with Crippen LogP contribution in [0.15, 0.2) is 30.0 Å². The van der Waals surface area contributed by atoms with Crippen LogP contribution >= 0.6 is 0 Å². The number of hydrogen-bond acceptors (Lipinski definition) is 3. The maximum absolute atomic E-state index is 11.9. The molecule has 0 spiro atoms. The molecule has 1 aliphatic rings. The lowest BCUT2D eigenvalue weighted by Crippen LogP contribution is -2.39. The molecule has 5 nitrogen and oxygen atoms in total. The summed E-state index contributed by atoms with van der Waals surface area (Å²) in [6, 6.07) is 4.06. The summed E-state index contributed by atoms with van der Waals surface area (Å²) in [6.07, 6.45) is 4.72. The molecule has 0 aliphatic carbocycles. The molecular formula is C16H25N3O2. The number of hydrogen-bond donors (Lipinski definition) is 2. The van der Waals surface area contributed by atoms with E-state index < -0.39 is 5.60 Å². The van der Waals surface area contributed by atoms with Crippen molar-refractivity contribution in [3.8, 4) is 0 Å². The molecule has 2 rings (SSSR count). The maximum atomic E-state index is 11.9. The van der Waals surface area contributed by atoms with Gasteiger partial charge in [-0.2, -0.15) is 0 Å². The van der Waals surface area contributed by atoms with Crippen LogP contribution in [0.3, 0.4) is 0 Å². The van der Waals surface area contributed by atoms with Crippen molar-refractivity contribution in [3.63, 3.8) is 0 Å². The van der Waals surface area contributed by atoms with E-state index in [-0.39, 0.29) is 6.09 Å². The van der Waals surface area contributed by atoms with Crippen LogP contribution in [0, 0.1) is 0 Å². The molecule has 21 heavy (non-hydrogen) atoms. The van der Waals surface area contributed by atoms with Gasteiger partial charge in [-0.25, -0.2) is 4.79 Å². The Morgan fingerprint density at radius 1 is 1.43 bits per heavy atom. The van der Waals surface area contributed by atoms with Gasteiger partial charge in [0, 0.05) is 38.1 Å². The van der Waals surface area contributed by atoms with Gasteiger partial charge in [0.1, 0.15) is 5.60 Å². The van der Waals surface area contributed by atoms with Crippen LogP contribution in [0.2, 0.25) is 0 Å². The lowest BCUT2D eigenvalue weighted by atomic mass is 10.1. The molecule has 0 bridgehead atoms. The van der Waals surface area contributed by atoms with E-state index in [4.69, 9.17) is 4.74 Å². The van der Waals surface area contributed by atoms with Crippen LogP contribution in [0.4, 0.5) is 4.79 Å². The first-order chi connectivity index (χ1) is 9.94. The fourth-order valence-electron chi connectivity index (χ4n) is 2.20. The summed E-state index contributed by atoms with van der Waals surface area (Å²) in [6.45, 7) is 8.72. The number of ether oxygens (including phenoxy) is 1. The lowest BCUT2D eigenvalue weighted by Gasteiger charge is -2.29. The van der Waals surface area contributed by atoms with Gasteiger partial charge >= 0.3 is 6.09 Å². The monoisotopic (exact) mass is 291 g/mol. The normalized spacial score (nSPS) is 15.8. The molecule has 0 saturated heterocycles. The molecule has 2 N–H and O–H groups in total. The largest absolute Gasteiger partial charge is 0.444 e. The van der Waals surface area contributed by atoms with Crippen molar-refractivity contribution in [3.05, 3.63) is 35.7 Å². The van der Waals surface area contributed by atoms with Gasteiger partial charge in [0.2, 0.25) is 0 Å². The summed E-state index contributed by atoms with van der Waals surface area (Å²) in [7, 11) is 0. The minimum atomic E-state index is -0.432. The van der Waals surface area contributed by atoms with Crippen LogP contribution in [0.1, 0.15) is 32.9 Å². The molecule has 1 aliphatic heterocycles. The van der Waals surface area contributed by atoms with Crippen molar-refractivity contribution in [2.75, 3.05) is 19.6 Å². The lowest BCUT2D eigenvalue weighted by molar-refractivity contribution is 0.0265. The number of H-pyrrole nitrogens is 1. The van der Waals surface area contributed by atoms with Gasteiger partial charge in [-0.3, -0.25) is 0 Å². The Bertz CT molecular complexity index is 486. The van der Waals surface area contributed by atoms with Crippen molar-refractivity contribution < 1.29 is 9.53 Å². The van der Waals surface area contributed by atoms with E-state index in [2.05, 4.69) is 22.4 Å². The molecule has 1 amide bonds. The SMILES string of the molecule is CC(C)(C)OC(=O)N1CC=C(CNCc2ccc[nH]2)CC1. The Morgan fingerprint density at radius 3 is 2.81 bits per heavy atom. The van der Waals surface area contributed by atoms with E-state index in [0.717, 1.165) is 26.1 Å². The summed E-state index contributed by atoms with van der Waals surface area (Å²) in [5.41, 5.74) is 2.10. The Balaban J connectivity index is 1.73. The highest BCUT2D eigenvalue weighted by Gasteiger charge is 2.23. The second-order valence-electron chi connectivity index (χ2n) is 6.34. The highest BCUT2D eigenvalue weighted by atomic mass is 16.6. The molecule has 1 aromatic rings. The zero-order chi connectivity index (χ0) is 15.3. The number of nitrogens with zero attached hydrogens (tertiary/aromatic N) is 1. The molecule has 0 atom stereocenters. The van der Waals surface area contributed by atoms with Gasteiger partial charge in [0.15, 0.2) is 0 Å². The van der Waals surface area contributed by atoms with Crippen LogP contribution in [0.25, 0.3) is 0 Å². The average molecular weight is 291 g/mol. The number of aromatic nitrogens is 1. The molecule has 0 radical (unpaired) electrons. The molecule has 0 unspecified atom stereocenters. The highest BCUT2D eigenvalue weighted by Crippen LogP contribution is 2.15. The zero-order valence-corrected chi connectivity index (χ0v) is 13.1. The van der Waals surface area contributed by atoms with Gasteiger partial charge in [0.05, 0.1) is 0 Å². The Kier molecular flexibility index (Phi) is 5.07. The van der Waals surface area contributed by atoms with E-state index in [1.165, 1.54) is 11.3 Å². The number of nitrogens with one attached hydrogen (secondary N) is 2. The molecule has 116 valence electrons. The summed E-state index contributed by atoms with van der Waals surface area (Å²) < 4.78 is 5.38. The van der Waals surface area contributed by atoms with Crippen LogP contribution in [-0.4, -0.2) is 41.2 Å². The van der Waals surface area contributed by atoms with E-state index in [0.29, 0.717) is 6.54 Å². The van der Waals surface area contributed by atoms with Crippen molar-refractivity contribution in [1.82, 2.24) is 15.2 Å². The molecule has 0 fully saturated rings. The summed E-state index contributed by atoms with van der Waals surface area (Å²) in [4.78, 5) is 16.9. The average Bonchev–Trinajstić information content (AvgIpc) is 2.91. The molecular weight excluding hydrogens is 266 g/mol. The number of carbonyl (C=O) groups is 1. The summed E-state index contributed by atoms with van der Waals surface area (Å²) in [5.74, 6) is 0. The third-order valence-corrected chi connectivity index (χ3v) is 3.28. The summed E-state index contributed by atoms with van der Waals surface area (Å²) >= 11 is 0. The first-order valence-electron chi connectivity index (χ1n) is 7.43. The van der Waals surface area contributed by atoms with Gasteiger partial charge in [-0.15, -0.1) is 0 Å². The second-order valence-corrected chi connectivity index (χ2v) is 6.34. The van der Waals surface area contributed by atoms with E-state index in [1.54, 1.807) is 4.90 Å².